The van der Waals surface area contributed by atoms with E-state index in [9.17, 15) is 0 Å². The highest BCUT2D eigenvalue weighted by Crippen LogP contribution is 2.35. The van der Waals surface area contributed by atoms with Gasteiger partial charge in [-0.3, -0.25) is 0 Å². The van der Waals surface area contributed by atoms with Crippen molar-refractivity contribution in [3.63, 3.8) is 0 Å². The second-order valence-electron chi connectivity index (χ2n) is 5.03. The molecule has 94 valence electrons. The number of rotatable bonds is 1. The first-order chi connectivity index (χ1) is 9.84. The van der Waals surface area contributed by atoms with Crippen molar-refractivity contribution in [2.75, 3.05) is 0 Å². The molecule has 0 N–H and O–H groups in total. The summed E-state index contributed by atoms with van der Waals surface area (Å²) in [5.74, 6) is 0. The Labute approximate surface area is 118 Å². The van der Waals surface area contributed by atoms with Gasteiger partial charge in [0.1, 0.15) is 0 Å². The van der Waals surface area contributed by atoms with Gasteiger partial charge in [-0.2, -0.15) is 4.57 Å². The zero-order chi connectivity index (χ0) is 13.5. The summed E-state index contributed by atoms with van der Waals surface area (Å²) in [4.78, 5) is 0. The standard InChI is InChI=1S/C19H14N/c1-14-17-11-10-16(15-7-3-2-4-8-15)13-18(17)19-9-5-6-12-20(14)19/h2-13H,1H2/q+1. The Bertz CT molecular complexity index is 816. The third-order valence-electron chi connectivity index (χ3n) is 3.86. The molecule has 0 saturated carbocycles. The van der Waals surface area contributed by atoms with E-state index in [-0.39, 0.29) is 0 Å². The summed E-state index contributed by atoms with van der Waals surface area (Å²) in [6.45, 7) is 4.20. The molecule has 0 saturated heterocycles. The number of hydrogen-bond acceptors (Lipinski definition) is 0. The lowest BCUT2D eigenvalue weighted by Crippen LogP contribution is -2.29. The first-order valence-electron chi connectivity index (χ1n) is 6.75. The lowest BCUT2D eigenvalue weighted by atomic mass is 9.98. The fourth-order valence-corrected chi connectivity index (χ4v) is 2.85. The van der Waals surface area contributed by atoms with Gasteiger partial charge in [-0.05, 0) is 35.9 Å². The van der Waals surface area contributed by atoms with E-state index in [1.54, 1.807) is 0 Å². The fourth-order valence-electron chi connectivity index (χ4n) is 2.85. The van der Waals surface area contributed by atoms with Crippen LogP contribution in [0.2, 0.25) is 0 Å². The van der Waals surface area contributed by atoms with Gasteiger partial charge in [0.05, 0.1) is 11.1 Å². The van der Waals surface area contributed by atoms with Crippen LogP contribution in [0.3, 0.4) is 0 Å². The zero-order valence-corrected chi connectivity index (χ0v) is 11.1. The molecular formula is C19H14N+. The lowest BCUT2D eigenvalue weighted by Gasteiger charge is -2.02. The molecule has 0 spiro atoms. The Hall–Kier alpha value is -2.67. The largest absolute Gasteiger partial charge is 0.219 e. The average molecular weight is 256 g/mol. The molecule has 3 aromatic rings. The van der Waals surface area contributed by atoms with Crippen LogP contribution in [0.1, 0.15) is 5.56 Å². The van der Waals surface area contributed by atoms with Crippen molar-refractivity contribution in [1.82, 2.24) is 0 Å². The van der Waals surface area contributed by atoms with Crippen molar-refractivity contribution in [3.8, 4) is 22.4 Å². The summed E-state index contributed by atoms with van der Waals surface area (Å²) >= 11 is 0. The summed E-state index contributed by atoms with van der Waals surface area (Å²) in [7, 11) is 0. The highest BCUT2D eigenvalue weighted by atomic mass is 15.0. The second kappa shape index (κ2) is 4.17. The van der Waals surface area contributed by atoms with Gasteiger partial charge in [0.2, 0.25) is 11.4 Å². The highest BCUT2D eigenvalue weighted by Gasteiger charge is 2.29. The van der Waals surface area contributed by atoms with E-state index in [0.29, 0.717) is 0 Å². The number of fused-ring (bicyclic) bond motifs is 3. The molecule has 0 bridgehead atoms. The summed E-state index contributed by atoms with van der Waals surface area (Å²) in [5, 5.41) is 0. The Morgan fingerprint density at radius 1 is 0.700 bits per heavy atom. The van der Waals surface area contributed by atoms with Crippen LogP contribution in [0.5, 0.6) is 0 Å². The quantitative estimate of drug-likeness (QED) is 0.451. The van der Waals surface area contributed by atoms with Gasteiger partial charge in [0, 0.05) is 12.1 Å². The van der Waals surface area contributed by atoms with Crippen molar-refractivity contribution >= 4 is 5.70 Å². The number of pyridine rings is 1. The SMILES string of the molecule is C=C1c2ccc(-c3ccccc3)cc2-c2cccc[n+]21. The number of nitrogens with zero attached hydrogens (tertiary/aromatic N) is 1. The van der Waals surface area contributed by atoms with Crippen molar-refractivity contribution in [1.29, 1.82) is 0 Å². The zero-order valence-electron chi connectivity index (χ0n) is 11.1. The summed E-state index contributed by atoms with van der Waals surface area (Å²) < 4.78 is 2.15. The van der Waals surface area contributed by atoms with E-state index in [2.05, 4.69) is 71.9 Å². The van der Waals surface area contributed by atoms with E-state index in [0.717, 1.165) is 5.70 Å². The van der Waals surface area contributed by atoms with Gasteiger partial charge in [-0.15, -0.1) is 0 Å². The molecule has 1 aromatic heterocycles. The van der Waals surface area contributed by atoms with Gasteiger partial charge in [0.15, 0.2) is 6.20 Å². The molecule has 0 amide bonds. The van der Waals surface area contributed by atoms with Gasteiger partial charge < -0.3 is 0 Å². The molecule has 1 aliphatic heterocycles. The van der Waals surface area contributed by atoms with Crippen molar-refractivity contribution in [3.05, 3.63) is 85.1 Å². The average Bonchev–Trinajstić information content (AvgIpc) is 2.81. The maximum absolute atomic E-state index is 4.20. The highest BCUT2D eigenvalue weighted by molar-refractivity contribution is 5.83. The molecule has 1 heteroatoms. The van der Waals surface area contributed by atoms with E-state index in [1.807, 2.05) is 12.1 Å². The van der Waals surface area contributed by atoms with Gasteiger partial charge >= 0.3 is 0 Å². The predicted octanol–water partition coefficient (Wildman–Crippen LogP) is 4.14. The molecule has 0 atom stereocenters. The first-order valence-corrected chi connectivity index (χ1v) is 6.75. The Balaban J connectivity index is 1.94. The first kappa shape index (κ1) is 11.2. The monoisotopic (exact) mass is 256 g/mol. The van der Waals surface area contributed by atoms with Crippen LogP contribution in [0.4, 0.5) is 0 Å². The van der Waals surface area contributed by atoms with Crippen LogP contribution in [-0.2, 0) is 0 Å². The van der Waals surface area contributed by atoms with Gasteiger partial charge in [-0.1, -0.05) is 36.4 Å². The van der Waals surface area contributed by atoms with E-state index in [4.69, 9.17) is 0 Å². The molecule has 0 radical (unpaired) electrons. The summed E-state index contributed by atoms with van der Waals surface area (Å²) in [5.41, 5.74) is 7.23. The Morgan fingerprint density at radius 3 is 2.35 bits per heavy atom. The minimum absolute atomic E-state index is 1.05. The molecule has 2 aromatic carbocycles. The topological polar surface area (TPSA) is 3.88 Å². The second-order valence-corrected chi connectivity index (χ2v) is 5.03. The van der Waals surface area contributed by atoms with Crippen LogP contribution in [-0.4, -0.2) is 0 Å². The predicted molar refractivity (Wildman–Crippen MR) is 81.9 cm³/mol. The van der Waals surface area contributed by atoms with Gasteiger partial charge in [-0.25, -0.2) is 0 Å². The molecule has 4 rings (SSSR count). The van der Waals surface area contributed by atoms with Crippen molar-refractivity contribution < 1.29 is 4.57 Å². The Morgan fingerprint density at radius 2 is 1.50 bits per heavy atom. The minimum Gasteiger partial charge on any atom is -0.160 e. The molecule has 1 aliphatic rings. The van der Waals surface area contributed by atoms with Crippen LogP contribution < -0.4 is 4.57 Å². The lowest BCUT2D eigenvalue weighted by molar-refractivity contribution is -0.562. The maximum atomic E-state index is 4.20. The third kappa shape index (κ3) is 1.53. The molecule has 0 unspecified atom stereocenters. The molecule has 2 heterocycles. The van der Waals surface area contributed by atoms with Crippen molar-refractivity contribution in [2.24, 2.45) is 0 Å². The number of aromatic nitrogens is 1. The maximum Gasteiger partial charge on any atom is 0.219 e. The van der Waals surface area contributed by atoms with Crippen molar-refractivity contribution in [2.45, 2.75) is 0 Å². The molecular weight excluding hydrogens is 242 g/mol. The third-order valence-corrected chi connectivity index (χ3v) is 3.86. The molecule has 0 fully saturated rings. The van der Waals surface area contributed by atoms with E-state index in [1.165, 1.54) is 27.9 Å². The molecule has 20 heavy (non-hydrogen) atoms. The van der Waals surface area contributed by atoms with E-state index >= 15 is 0 Å². The minimum atomic E-state index is 1.05. The molecule has 0 aliphatic carbocycles. The Kier molecular flexibility index (Phi) is 2.33. The van der Waals surface area contributed by atoms with E-state index < -0.39 is 0 Å². The van der Waals surface area contributed by atoms with Gasteiger partial charge in [0.25, 0.3) is 0 Å². The van der Waals surface area contributed by atoms with Crippen LogP contribution in [0.25, 0.3) is 28.1 Å². The number of hydrogen-bond donors (Lipinski definition) is 0. The normalized spacial score (nSPS) is 12.1. The fraction of sp³-hybridized carbons (Fsp3) is 0. The summed E-state index contributed by atoms with van der Waals surface area (Å²) in [6.07, 6.45) is 2.07. The smallest absolute Gasteiger partial charge is 0.160 e. The summed E-state index contributed by atoms with van der Waals surface area (Å²) in [6, 6.07) is 23.3. The van der Waals surface area contributed by atoms with Crippen LogP contribution >= 0.6 is 0 Å². The van der Waals surface area contributed by atoms with Crippen LogP contribution in [0.15, 0.2) is 79.5 Å². The molecule has 1 nitrogen and oxygen atoms in total. The number of benzene rings is 2. The van der Waals surface area contributed by atoms with Crippen LogP contribution in [0, 0.1) is 0 Å².